The van der Waals surface area contributed by atoms with Crippen LogP contribution in [0.5, 0.6) is 0 Å². The van der Waals surface area contributed by atoms with E-state index in [4.69, 9.17) is 9.47 Å². The highest BCUT2D eigenvalue weighted by molar-refractivity contribution is 5.75. The summed E-state index contributed by atoms with van der Waals surface area (Å²) in [5, 5.41) is 12.4. The van der Waals surface area contributed by atoms with Crippen LogP contribution in [-0.4, -0.2) is 51.2 Å². The Morgan fingerprint density at radius 2 is 1.63 bits per heavy atom. The fourth-order valence-electron chi connectivity index (χ4n) is 6.40. The molecule has 9 nitrogen and oxygen atoms in total. The van der Waals surface area contributed by atoms with E-state index in [9.17, 15) is 14.7 Å². The number of hydrogen-bond acceptors (Lipinski definition) is 6. The third-order valence-corrected chi connectivity index (χ3v) is 8.90. The lowest BCUT2D eigenvalue weighted by Crippen LogP contribution is -2.47. The zero-order valence-electron chi connectivity index (χ0n) is 24.7. The van der Waals surface area contributed by atoms with Gasteiger partial charge in [0.05, 0.1) is 29.8 Å². The highest BCUT2D eigenvalue weighted by atomic mass is 16.7. The molecule has 4 unspecified atom stereocenters. The van der Waals surface area contributed by atoms with E-state index >= 15 is 0 Å². The van der Waals surface area contributed by atoms with Crippen molar-refractivity contribution in [1.82, 2.24) is 19.8 Å². The van der Waals surface area contributed by atoms with Gasteiger partial charge >= 0.3 is 5.69 Å². The van der Waals surface area contributed by atoms with Gasteiger partial charge in [0.1, 0.15) is 0 Å². The molecule has 0 radical (unpaired) electrons. The molecule has 0 spiro atoms. The normalized spacial score (nSPS) is 23.4. The summed E-state index contributed by atoms with van der Waals surface area (Å²) in [6.07, 6.45) is 0.987. The fourth-order valence-corrected chi connectivity index (χ4v) is 6.40. The van der Waals surface area contributed by atoms with E-state index in [1.165, 1.54) is 6.92 Å². The Labute approximate surface area is 251 Å². The minimum Gasteiger partial charge on any atom is -0.392 e. The molecule has 0 saturated carbocycles. The minimum atomic E-state index is -0.541. The van der Waals surface area contributed by atoms with E-state index in [1.54, 1.807) is 0 Å². The second kappa shape index (κ2) is 12.9. The molecule has 9 heteroatoms. The molecule has 3 N–H and O–H groups in total. The number of aromatic nitrogens is 2. The van der Waals surface area contributed by atoms with Crippen molar-refractivity contribution in [1.29, 1.82) is 0 Å². The number of carbonyl (C=O) groups is 1. The van der Waals surface area contributed by atoms with Gasteiger partial charge in [-0.25, -0.2) is 4.79 Å². The Kier molecular flexibility index (Phi) is 8.76. The summed E-state index contributed by atoms with van der Waals surface area (Å²) >= 11 is 0. The number of imidazole rings is 1. The molecule has 6 rings (SSSR count). The Morgan fingerprint density at radius 3 is 2.33 bits per heavy atom. The third kappa shape index (κ3) is 6.45. The van der Waals surface area contributed by atoms with Gasteiger partial charge in [-0.1, -0.05) is 67.6 Å². The highest BCUT2D eigenvalue weighted by Crippen LogP contribution is 2.42. The lowest BCUT2D eigenvalue weighted by molar-refractivity contribution is -0.276. The number of ether oxygens (including phenoxy) is 2. The maximum absolute atomic E-state index is 12.8. The van der Waals surface area contributed by atoms with Gasteiger partial charge in [0.25, 0.3) is 0 Å². The van der Waals surface area contributed by atoms with E-state index in [0.717, 1.165) is 65.8 Å². The van der Waals surface area contributed by atoms with Gasteiger partial charge in [-0.2, -0.15) is 0 Å². The van der Waals surface area contributed by atoms with Crippen molar-refractivity contribution < 1.29 is 19.4 Å². The van der Waals surface area contributed by atoms with Crippen molar-refractivity contribution in [2.45, 2.75) is 64.4 Å². The van der Waals surface area contributed by atoms with Gasteiger partial charge < -0.3 is 29.8 Å². The number of nitrogens with one attached hydrogen (secondary N) is 2. The predicted octanol–water partition coefficient (Wildman–Crippen LogP) is 4.59. The smallest absolute Gasteiger partial charge is 0.326 e. The zero-order chi connectivity index (χ0) is 29.9. The molecule has 2 aliphatic rings. The number of amides is 1. The number of benzene rings is 3. The summed E-state index contributed by atoms with van der Waals surface area (Å²) in [6, 6.07) is 24.0. The van der Waals surface area contributed by atoms with Crippen LogP contribution in [0.25, 0.3) is 11.0 Å². The van der Waals surface area contributed by atoms with Gasteiger partial charge in [0.15, 0.2) is 6.29 Å². The molecule has 3 heterocycles. The zero-order valence-corrected chi connectivity index (χ0v) is 24.7. The number of para-hydroxylation sites is 2. The van der Waals surface area contributed by atoms with Crippen LogP contribution in [0.4, 0.5) is 0 Å². The number of H-pyrrole nitrogens is 1. The van der Waals surface area contributed by atoms with E-state index in [1.807, 2.05) is 77.4 Å². The number of aromatic amines is 1. The largest absolute Gasteiger partial charge is 0.392 e. The molecule has 43 heavy (non-hydrogen) atoms. The van der Waals surface area contributed by atoms with Crippen LogP contribution in [-0.2, 0) is 27.4 Å². The summed E-state index contributed by atoms with van der Waals surface area (Å²) in [5.74, 6) is 0.0247. The number of fused-ring (bicyclic) bond motifs is 1. The lowest BCUT2D eigenvalue weighted by Gasteiger charge is -2.44. The number of likely N-dealkylation sites (tertiary alicyclic amines) is 1. The van der Waals surface area contributed by atoms with Gasteiger partial charge in [-0.3, -0.25) is 9.36 Å². The van der Waals surface area contributed by atoms with Crippen molar-refractivity contribution >= 4 is 16.9 Å². The molecule has 4 atom stereocenters. The van der Waals surface area contributed by atoms with Crippen LogP contribution in [0, 0.1) is 5.92 Å². The molecule has 3 aromatic carbocycles. The van der Waals surface area contributed by atoms with E-state index in [-0.39, 0.29) is 42.4 Å². The molecule has 2 fully saturated rings. The molecular formula is C34H40N4O5. The Bertz CT molecular complexity index is 1590. The fraction of sp³-hybridized carbons (Fsp3) is 0.412. The number of aliphatic hydroxyl groups excluding tert-OH is 1. The summed E-state index contributed by atoms with van der Waals surface area (Å²) in [6.45, 7) is 6.69. The maximum atomic E-state index is 12.8. The topological polar surface area (TPSA) is 109 Å². The van der Waals surface area contributed by atoms with Crippen LogP contribution in [0.1, 0.15) is 67.4 Å². The number of rotatable bonds is 8. The Hall–Kier alpha value is -3.76. The number of aliphatic hydroxyl groups is 1. The monoisotopic (exact) mass is 584 g/mol. The van der Waals surface area contributed by atoms with Crippen LogP contribution < -0.4 is 11.0 Å². The van der Waals surface area contributed by atoms with Crippen molar-refractivity contribution in [3.8, 4) is 0 Å². The first kappa shape index (κ1) is 29.3. The summed E-state index contributed by atoms with van der Waals surface area (Å²) in [5.41, 5.74) is 5.67. The number of nitrogens with zero attached hydrogens (tertiary/aromatic N) is 2. The SMILES string of the molecule is CC(=O)NCc1ccc(C2OC(CN3CCC(n4c(=O)[nH]c5ccccc54)CC3)C(C)C(c3ccc(CO)cc3)O2)cc1. The number of hydrogen-bond donors (Lipinski definition) is 3. The van der Waals surface area contributed by atoms with Crippen molar-refractivity contribution in [3.63, 3.8) is 0 Å². The second-order valence-corrected chi connectivity index (χ2v) is 11.8. The van der Waals surface area contributed by atoms with Gasteiger partial charge in [0, 0.05) is 50.6 Å². The second-order valence-electron chi connectivity index (χ2n) is 11.8. The molecule has 226 valence electrons. The summed E-state index contributed by atoms with van der Waals surface area (Å²) in [7, 11) is 0. The number of carbonyl (C=O) groups excluding carboxylic acids is 1. The van der Waals surface area contributed by atoms with Crippen molar-refractivity contribution in [2.24, 2.45) is 5.92 Å². The first-order valence-electron chi connectivity index (χ1n) is 15.1. The van der Waals surface area contributed by atoms with Crippen LogP contribution in [0.3, 0.4) is 0 Å². The first-order valence-corrected chi connectivity index (χ1v) is 15.1. The summed E-state index contributed by atoms with van der Waals surface area (Å²) in [4.78, 5) is 29.6. The third-order valence-electron chi connectivity index (χ3n) is 8.90. The van der Waals surface area contributed by atoms with Gasteiger partial charge in [0.2, 0.25) is 5.91 Å². The molecule has 2 aliphatic heterocycles. The van der Waals surface area contributed by atoms with Crippen molar-refractivity contribution in [2.75, 3.05) is 19.6 Å². The van der Waals surface area contributed by atoms with Crippen LogP contribution >= 0.6 is 0 Å². The average molecular weight is 585 g/mol. The minimum absolute atomic E-state index is 0.00117. The summed E-state index contributed by atoms with van der Waals surface area (Å²) < 4.78 is 15.2. The van der Waals surface area contributed by atoms with E-state index in [0.29, 0.717) is 6.54 Å². The van der Waals surface area contributed by atoms with Crippen LogP contribution in [0.15, 0.2) is 77.6 Å². The molecule has 1 aromatic heterocycles. The molecule has 0 bridgehead atoms. The Morgan fingerprint density at radius 1 is 0.953 bits per heavy atom. The molecule has 4 aromatic rings. The van der Waals surface area contributed by atoms with Crippen LogP contribution in [0.2, 0.25) is 0 Å². The quantitative estimate of drug-likeness (QED) is 0.280. The average Bonchev–Trinajstić information content (AvgIpc) is 3.37. The highest BCUT2D eigenvalue weighted by Gasteiger charge is 2.39. The van der Waals surface area contributed by atoms with E-state index in [2.05, 4.69) is 22.1 Å². The maximum Gasteiger partial charge on any atom is 0.326 e. The van der Waals surface area contributed by atoms with Gasteiger partial charge in [-0.05, 0) is 41.7 Å². The van der Waals surface area contributed by atoms with Gasteiger partial charge in [-0.15, -0.1) is 0 Å². The standard InChI is InChI=1S/C34H40N4O5/c1-22-31(20-37-17-15-28(16-18-37)38-30-6-4-3-5-29(30)36-34(38)41)42-33(27-13-7-24(8-14-27)19-35-23(2)40)43-32(22)26-11-9-25(21-39)10-12-26/h3-14,22,28,31-33,39H,15-21H2,1-2H3,(H,35,40)(H,36,41). The van der Waals surface area contributed by atoms with E-state index < -0.39 is 6.29 Å². The Balaban J connectivity index is 1.18. The number of piperidine rings is 1. The molecular weight excluding hydrogens is 544 g/mol. The van der Waals surface area contributed by atoms with Crippen molar-refractivity contribution in [3.05, 3.63) is 106 Å². The predicted molar refractivity (Wildman–Crippen MR) is 164 cm³/mol. The molecule has 1 amide bonds. The molecule has 2 saturated heterocycles. The first-order chi connectivity index (χ1) is 20.9. The molecule has 0 aliphatic carbocycles. The lowest BCUT2D eigenvalue weighted by atomic mass is 9.89.